The molecule has 0 aromatic carbocycles. The van der Waals surface area contributed by atoms with E-state index < -0.39 is 0 Å². The highest BCUT2D eigenvalue weighted by Gasteiger charge is 2.02. The summed E-state index contributed by atoms with van der Waals surface area (Å²) in [4.78, 5) is 11.8. The lowest BCUT2D eigenvalue weighted by Crippen LogP contribution is -2.05. The smallest absolute Gasteiger partial charge is 0.305 e. The maximum Gasteiger partial charge on any atom is 0.305 e. The molecule has 0 aromatic heterocycles. The van der Waals surface area contributed by atoms with Gasteiger partial charge in [0.1, 0.15) is 0 Å². The van der Waals surface area contributed by atoms with Gasteiger partial charge in [-0.1, -0.05) is 175 Å². The molecule has 0 heterocycles. The van der Waals surface area contributed by atoms with Crippen LogP contribution in [0.3, 0.4) is 0 Å². The lowest BCUT2D eigenvalue weighted by atomic mass is 10.0. The summed E-state index contributed by atoms with van der Waals surface area (Å²) in [7, 11) is 0. The van der Waals surface area contributed by atoms with Crippen molar-refractivity contribution in [3.8, 4) is 0 Å². The lowest BCUT2D eigenvalue weighted by Gasteiger charge is -2.06. The Bertz CT molecular complexity index is 404. The molecule has 0 atom stereocenters. The number of esters is 1. The average molecular weight is 495 g/mol. The van der Waals surface area contributed by atoms with Crippen LogP contribution in [-0.4, -0.2) is 12.6 Å². The van der Waals surface area contributed by atoms with Crippen LogP contribution < -0.4 is 0 Å². The normalized spacial score (nSPS) is 11.4. The quantitative estimate of drug-likeness (QED) is 0.0763. The number of ether oxygens (including phenoxy) is 1. The van der Waals surface area contributed by atoms with Gasteiger partial charge in [0.05, 0.1) is 6.61 Å². The molecule has 0 saturated heterocycles. The summed E-state index contributed by atoms with van der Waals surface area (Å²) in [6.07, 6.45) is 35.8. The van der Waals surface area contributed by atoms with Gasteiger partial charge >= 0.3 is 5.97 Å². The van der Waals surface area contributed by atoms with Gasteiger partial charge in [-0.15, -0.1) is 0 Å². The summed E-state index contributed by atoms with van der Waals surface area (Å²) in [5.74, 6) is 0.903. The molecular weight excluding hydrogens is 428 g/mol. The summed E-state index contributed by atoms with van der Waals surface area (Å²) in [6, 6.07) is 0. The Balaban J connectivity index is 3.13. The number of rotatable bonds is 29. The predicted molar refractivity (Wildman–Crippen MR) is 156 cm³/mol. The summed E-state index contributed by atoms with van der Waals surface area (Å²) in [6.45, 7) is 7.57. The molecule has 0 rings (SSSR count). The zero-order chi connectivity index (χ0) is 25.7. The van der Waals surface area contributed by atoms with Crippen LogP contribution in [0.15, 0.2) is 0 Å². The second-order valence-corrected chi connectivity index (χ2v) is 11.6. The molecule has 0 saturated carbocycles. The van der Waals surface area contributed by atoms with Crippen LogP contribution in [0.4, 0.5) is 0 Å². The van der Waals surface area contributed by atoms with Gasteiger partial charge in [0.2, 0.25) is 0 Å². The molecular formula is C33H66O2. The Morgan fingerprint density at radius 3 is 1.23 bits per heavy atom. The fourth-order valence-electron chi connectivity index (χ4n) is 4.97. The van der Waals surface area contributed by atoms with Gasteiger partial charge in [-0.05, 0) is 18.8 Å². The Kier molecular flexibility index (Phi) is 29.2. The van der Waals surface area contributed by atoms with E-state index >= 15 is 0 Å². The second kappa shape index (κ2) is 29.7. The topological polar surface area (TPSA) is 26.3 Å². The summed E-state index contributed by atoms with van der Waals surface area (Å²) >= 11 is 0. The molecule has 210 valence electrons. The van der Waals surface area contributed by atoms with Crippen LogP contribution in [0.25, 0.3) is 0 Å². The van der Waals surface area contributed by atoms with Gasteiger partial charge in [0, 0.05) is 6.42 Å². The van der Waals surface area contributed by atoms with Crippen molar-refractivity contribution in [2.75, 3.05) is 6.61 Å². The highest BCUT2D eigenvalue weighted by Crippen LogP contribution is 2.15. The minimum absolute atomic E-state index is 0.0228. The predicted octanol–water partition coefficient (Wildman–Crippen LogP) is 11.7. The fourth-order valence-corrected chi connectivity index (χ4v) is 4.97. The minimum atomic E-state index is 0.0228. The monoisotopic (exact) mass is 495 g/mol. The van der Waals surface area contributed by atoms with Crippen molar-refractivity contribution in [1.82, 2.24) is 0 Å². The number of carbonyl (C=O) groups excluding carboxylic acids is 1. The van der Waals surface area contributed by atoms with Crippen molar-refractivity contribution in [1.29, 1.82) is 0 Å². The molecule has 0 spiro atoms. The molecule has 0 amide bonds. The van der Waals surface area contributed by atoms with E-state index in [2.05, 4.69) is 20.8 Å². The highest BCUT2D eigenvalue weighted by molar-refractivity contribution is 5.69. The van der Waals surface area contributed by atoms with E-state index in [0.29, 0.717) is 13.0 Å². The summed E-state index contributed by atoms with van der Waals surface area (Å²) in [5, 5.41) is 0. The Labute approximate surface area is 222 Å². The first-order valence-corrected chi connectivity index (χ1v) is 16.3. The van der Waals surface area contributed by atoms with Crippen LogP contribution >= 0.6 is 0 Å². The van der Waals surface area contributed by atoms with Crippen molar-refractivity contribution in [3.05, 3.63) is 0 Å². The highest BCUT2D eigenvalue weighted by atomic mass is 16.5. The zero-order valence-electron chi connectivity index (χ0n) is 24.7. The van der Waals surface area contributed by atoms with Crippen LogP contribution in [0.5, 0.6) is 0 Å². The molecule has 0 unspecified atom stereocenters. The Morgan fingerprint density at radius 1 is 0.486 bits per heavy atom. The molecule has 0 aliphatic carbocycles. The number of hydrogen-bond acceptors (Lipinski definition) is 2. The molecule has 0 bridgehead atoms. The molecule has 0 aliphatic heterocycles. The first kappa shape index (κ1) is 34.5. The van der Waals surface area contributed by atoms with E-state index in [4.69, 9.17) is 4.74 Å². The molecule has 35 heavy (non-hydrogen) atoms. The third kappa shape index (κ3) is 31.4. The molecule has 2 heteroatoms. The largest absolute Gasteiger partial charge is 0.466 e. The van der Waals surface area contributed by atoms with Crippen LogP contribution in [-0.2, 0) is 9.53 Å². The van der Waals surface area contributed by atoms with Crippen molar-refractivity contribution >= 4 is 5.97 Å². The van der Waals surface area contributed by atoms with Crippen LogP contribution in [0, 0.1) is 5.92 Å². The van der Waals surface area contributed by atoms with Gasteiger partial charge in [0.25, 0.3) is 0 Å². The van der Waals surface area contributed by atoms with Crippen molar-refractivity contribution in [2.45, 2.75) is 194 Å². The zero-order valence-corrected chi connectivity index (χ0v) is 24.7. The van der Waals surface area contributed by atoms with E-state index in [1.165, 1.54) is 154 Å². The van der Waals surface area contributed by atoms with Crippen molar-refractivity contribution in [2.24, 2.45) is 5.92 Å². The molecule has 2 nitrogen and oxygen atoms in total. The minimum Gasteiger partial charge on any atom is -0.466 e. The van der Waals surface area contributed by atoms with E-state index in [9.17, 15) is 4.79 Å². The number of hydrogen-bond donors (Lipinski definition) is 0. The average Bonchev–Trinajstić information content (AvgIpc) is 2.84. The number of carbonyl (C=O) groups is 1. The van der Waals surface area contributed by atoms with Gasteiger partial charge in [-0.25, -0.2) is 0 Å². The third-order valence-corrected chi connectivity index (χ3v) is 7.42. The van der Waals surface area contributed by atoms with Crippen LogP contribution in [0.1, 0.15) is 194 Å². The Hall–Kier alpha value is -0.530. The van der Waals surface area contributed by atoms with Gasteiger partial charge in [-0.3, -0.25) is 4.79 Å². The van der Waals surface area contributed by atoms with E-state index in [0.717, 1.165) is 18.8 Å². The third-order valence-electron chi connectivity index (χ3n) is 7.42. The first-order valence-electron chi connectivity index (χ1n) is 16.3. The lowest BCUT2D eigenvalue weighted by molar-refractivity contribution is -0.143. The van der Waals surface area contributed by atoms with E-state index in [1.807, 2.05) is 0 Å². The van der Waals surface area contributed by atoms with E-state index in [-0.39, 0.29) is 5.97 Å². The maximum absolute atomic E-state index is 11.8. The first-order chi connectivity index (χ1) is 17.2. The van der Waals surface area contributed by atoms with Gasteiger partial charge in [0.15, 0.2) is 0 Å². The summed E-state index contributed by atoms with van der Waals surface area (Å²) in [5.41, 5.74) is 0. The maximum atomic E-state index is 11.8. The van der Waals surface area contributed by atoms with Crippen molar-refractivity contribution < 1.29 is 9.53 Å². The molecule has 0 aliphatic rings. The van der Waals surface area contributed by atoms with Gasteiger partial charge < -0.3 is 4.74 Å². The number of unbranched alkanes of at least 4 members (excludes halogenated alkanes) is 23. The molecule has 0 fully saturated rings. The molecule has 0 radical (unpaired) electrons. The second-order valence-electron chi connectivity index (χ2n) is 11.6. The molecule has 0 aromatic rings. The molecule has 0 N–H and O–H groups in total. The Morgan fingerprint density at radius 2 is 0.829 bits per heavy atom. The summed E-state index contributed by atoms with van der Waals surface area (Å²) < 4.78 is 5.41. The van der Waals surface area contributed by atoms with Crippen LogP contribution in [0.2, 0.25) is 0 Å². The SMILES string of the molecule is CCCCCCCCCCCC(=O)OCCCCCCCCCCCCCCCCCCC(C)C. The van der Waals surface area contributed by atoms with Crippen molar-refractivity contribution in [3.63, 3.8) is 0 Å². The van der Waals surface area contributed by atoms with E-state index in [1.54, 1.807) is 0 Å². The fraction of sp³-hybridized carbons (Fsp3) is 0.970. The standard InChI is InChI=1S/C33H66O2/c1-4-5-6-7-8-17-21-24-27-30-33(34)35-31-28-25-22-19-16-14-12-10-9-11-13-15-18-20-23-26-29-32(2)3/h32H,4-31H2,1-3H3. The van der Waals surface area contributed by atoms with Gasteiger partial charge in [-0.2, -0.15) is 0 Å².